The van der Waals surface area contributed by atoms with E-state index in [4.69, 9.17) is 0 Å². The molecule has 19 heavy (non-hydrogen) atoms. The average molecular weight is 344 g/mol. The van der Waals surface area contributed by atoms with Gasteiger partial charge in [0.25, 0.3) is 0 Å². The van der Waals surface area contributed by atoms with Crippen molar-refractivity contribution in [2.75, 3.05) is 0 Å². The van der Waals surface area contributed by atoms with Crippen molar-refractivity contribution in [2.24, 2.45) is 11.8 Å². The van der Waals surface area contributed by atoms with E-state index >= 15 is 0 Å². The number of aromatic nitrogens is 1. The maximum absolute atomic E-state index is 11.4. The van der Waals surface area contributed by atoms with E-state index in [0.717, 1.165) is 22.3 Å². The number of hydrogen-bond donors (Lipinski definition) is 1. The minimum absolute atomic E-state index is 0.443. The van der Waals surface area contributed by atoms with Gasteiger partial charge in [0.05, 0.1) is 10.4 Å². The lowest BCUT2D eigenvalue weighted by Gasteiger charge is -2.44. The first kappa shape index (κ1) is 14.0. The molecule has 2 atom stereocenters. The van der Waals surface area contributed by atoms with Crippen LogP contribution in [0, 0.1) is 11.8 Å². The Morgan fingerprint density at radius 3 is 2.58 bits per heavy atom. The Morgan fingerprint density at radius 2 is 1.89 bits per heavy atom. The lowest BCUT2D eigenvalue weighted by molar-refractivity contribution is -0.0814. The second-order valence-electron chi connectivity index (χ2n) is 6.15. The van der Waals surface area contributed by atoms with Crippen molar-refractivity contribution in [1.82, 2.24) is 4.98 Å². The van der Waals surface area contributed by atoms with E-state index in [1.807, 2.05) is 5.51 Å². The normalized spacial score (nSPS) is 33.5. The molecule has 3 rings (SSSR count). The molecule has 0 amide bonds. The van der Waals surface area contributed by atoms with Gasteiger partial charge in [0.15, 0.2) is 0 Å². The quantitative estimate of drug-likeness (QED) is 0.831. The molecule has 0 radical (unpaired) electrons. The number of nitrogens with zero attached hydrogens (tertiary/aromatic N) is 1. The molecule has 2 unspecified atom stereocenters. The highest BCUT2D eigenvalue weighted by molar-refractivity contribution is 9.10. The molecule has 2 aliphatic carbocycles. The van der Waals surface area contributed by atoms with Gasteiger partial charge in [-0.1, -0.05) is 44.9 Å². The Bertz CT molecular complexity index is 430. The molecule has 2 fully saturated rings. The van der Waals surface area contributed by atoms with Crippen molar-refractivity contribution in [3.05, 3.63) is 15.0 Å². The molecule has 0 bridgehead atoms. The summed E-state index contributed by atoms with van der Waals surface area (Å²) in [6.45, 7) is 0. The highest BCUT2D eigenvalue weighted by Crippen LogP contribution is 2.51. The first-order valence-corrected chi connectivity index (χ1v) is 9.21. The van der Waals surface area contributed by atoms with E-state index in [-0.39, 0.29) is 0 Å². The molecule has 1 aromatic rings. The zero-order valence-corrected chi connectivity index (χ0v) is 13.7. The van der Waals surface area contributed by atoms with Crippen LogP contribution in [0.15, 0.2) is 10.1 Å². The van der Waals surface area contributed by atoms with Gasteiger partial charge >= 0.3 is 0 Å². The van der Waals surface area contributed by atoms with Gasteiger partial charge in [-0.05, 0) is 40.6 Å². The number of aliphatic hydroxyl groups is 1. The van der Waals surface area contributed by atoms with Crippen molar-refractivity contribution in [3.63, 3.8) is 0 Å². The van der Waals surface area contributed by atoms with Crippen LogP contribution in [-0.4, -0.2) is 10.1 Å². The summed E-state index contributed by atoms with van der Waals surface area (Å²) in [5, 5.41) is 11.4. The van der Waals surface area contributed by atoms with Crippen LogP contribution in [0.5, 0.6) is 0 Å². The summed E-state index contributed by atoms with van der Waals surface area (Å²) in [5.41, 5.74) is 1.23. The van der Waals surface area contributed by atoms with Crippen molar-refractivity contribution in [2.45, 2.75) is 63.4 Å². The van der Waals surface area contributed by atoms with E-state index in [0.29, 0.717) is 11.8 Å². The molecule has 2 aliphatic rings. The third-order valence-corrected chi connectivity index (χ3v) is 6.93. The molecule has 1 N–H and O–H groups in total. The fraction of sp³-hybridized carbons (Fsp3) is 0.800. The zero-order valence-electron chi connectivity index (χ0n) is 11.3. The molecular formula is C15H22BrNOS. The van der Waals surface area contributed by atoms with Crippen molar-refractivity contribution >= 4 is 27.3 Å². The SMILES string of the molecule is OC1(c2scnc2Br)CCCCC1C1CCCCC1. The van der Waals surface area contributed by atoms with Gasteiger partial charge in [0.1, 0.15) is 10.2 Å². The highest BCUT2D eigenvalue weighted by atomic mass is 79.9. The molecule has 4 heteroatoms. The standard InChI is InChI=1S/C15H22BrNOS/c16-14-13(19-10-17-14)15(18)9-5-4-8-12(15)11-6-2-1-3-7-11/h10-12,18H,1-9H2. The van der Waals surface area contributed by atoms with Crippen LogP contribution < -0.4 is 0 Å². The van der Waals surface area contributed by atoms with E-state index in [1.165, 1.54) is 44.9 Å². The monoisotopic (exact) mass is 343 g/mol. The molecule has 0 saturated heterocycles. The molecule has 2 saturated carbocycles. The fourth-order valence-corrected chi connectivity index (χ4v) is 5.87. The Balaban J connectivity index is 1.89. The summed E-state index contributed by atoms with van der Waals surface area (Å²) in [6.07, 6.45) is 11.2. The lowest BCUT2D eigenvalue weighted by atomic mass is 9.65. The Hall–Kier alpha value is 0.0700. The summed E-state index contributed by atoms with van der Waals surface area (Å²) in [7, 11) is 0. The molecular weight excluding hydrogens is 322 g/mol. The van der Waals surface area contributed by atoms with E-state index in [1.54, 1.807) is 11.3 Å². The summed E-state index contributed by atoms with van der Waals surface area (Å²) < 4.78 is 0.864. The van der Waals surface area contributed by atoms with Gasteiger partial charge in [-0.2, -0.15) is 0 Å². The van der Waals surface area contributed by atoms with Gasteiger partial charge < -0.3 is 5.11 Å². The number of halogens is 1. The van der Waals surface area contributed by atoms with Gasteiger partial charge in [0, 0.05) is 0 Å². The largest absolute Gasteiger partial charge is 0.384 e. The Morgan fingerprint density at radius 1 is 1.16 bits per heavy atom. The number of hydrogen-bond acceptors (Lipinski definition) is 3. The first-order valence-electron chi connectivity index (χ1n) is 7.53. The Kier molecular flexibility index (Phi) is 4.30. The van der Waals surface area contributed by atoms with Crippen LogP contribution in [0.1, 0.15) is 62.7 Å². The third kappa shape index (κ3) is 2.64. The summed E-state index contributed by atoms with van der Waals surface area (Å²) in [4.78, 5) is 5.36. The van der Waals surface area contributed by atoms with E-state index < -0.39 is 5.60 Å². The number of rotatable bonds is 2. The van der Waals surface area contributed by atoms with Crippen LogP contribution in [-0.2, 0) is 5.60 Å². The maximum Gasteiger partial charge on any atom is 0.123 e. The van der Waals surface area contributed by atoms with Crippen molar-refractivity contribution in [3.8, 4) is 0 Å². The fourth-order valence-electron chi connectivity index (χ4n) is 4.14. The second kappa shape index (κ2) is 5.82. The third-order valence-electron chi connectivity index (χ3n) is 5.07. The van der Waals surface area contributed by atoms with Crippen molar-refractivity contribution < 1.29 is 5.11 Å². The second-order valence-corrected chi connectivity index (χ2v) is 7.75. The minimum Gasteiger partial charge on any atom is -0.384 e. The van der Waals surface area contributed by atoms with E-state index in [9.17, 15) is 5.11 Å². The molecule has 0 aromatic carbocycles. The van der Waals surface area contributed by atoms with Crippen LogP contribution in [0.3, 0.4) is 0 Å². The van der Waals surface area contributed by atoms with Crippen LogP contribution in [0.4, 0.5) is 0 Å². The van der Waals surface area contributed by atoms with Crippen molar-refractivity contribution in [1.29, 1.82) is 0 Å². The minimum atomic E-state index is -0.625. The summed E-state index contributed by atoms with van der Waals surface area (Å²) in [5.74, 6) is 1.16. The highest BCUT2D eigenvalue weighted by Gasteiger charge is 2.46. The van der Waals surface area contributed by atoms with Crippen LogP contribution >= 0.6 is 27.3 Å². The molecule has 1 aromatic heterocycles. The molecule has 2 nitrogen and oxygen atoms in total. The maximum atomic E-state index is 11.4. The molecule has 0 aliphatic heterocycles. The topological polar surface area (TPSA) is 33.1 Å². The lowest BCUT2D eigenvalue weighted by Crippen LogP contribution is -2.42. The van der Waals surface area contributed by atoms with Gasteiger partial charge in [-0.25, -0.2) is 4.98 Å². The predicted octanol–water partition coefficient (Wildman–Crippen LogP) is 4.86. The summed E-state index contributed by atoms with van der Waals surface area (Å²) >= 11 is 5.14. The van der Waals surface area contributed by atoms with Gasteiger partial charge in [-0.15, -0.1) is 11.3 Å². The zero-order chi connectivity index (χ0) is 13.3. The molecule has 0 spiro atoms. The first-order chi connectivity index (χ1) is 9.22. The number of thiazole rings is 1. The van der Waals surface area contributed by atoms with Crippen LogP contribution in [0.2, 0.25) is 0 Å². The molecule has 106 valence electrons. The van der Waals surface area contributed by atoms with Crippen LogP contribution in [0.25, 0.3) is 0 Å². The predicted molar refractivity (Wildman–Crippen MR) is 82.2 cm³/mol. The summed E-state index contributed by atoms with van der Waals surface area (Å²) in [6, 6.07) is 0. The van der Waals surface area contributed by atoms with Gasteiger partial charge in [0.2, 0.25) is 0 Å². The average Bonchev–Trinajstić information content (AvgIpc) is 2.87. The smallest absolute Gasteiger partial charge is 0.123 e. The van der Waals surface area contributed by atoms with Gasteiger partial charge in [-0.3, -0.25) is 0 Å². The Labute approximate surface area is 127 Å². The molecule has 1 heterocycles. The van der Waals surface area contributed by atoms with E-state index in [2.05, 4.69) is 20.9 Å².